The van der Waals surface area contributed by atoms with Gasteiger partial charge in [0.1, 0.15) is 5.82 Å². The van der Waals surface area contributed by atoms with Crippen molar-refractivity contribution in [3.8, 4) is 0 Å². The maximum atomic E-state index is 14.6. The Morgan fingerprint density at radius 2 is 1.81 bits per heavy atom. The van der Waals surface area contributed by atoms with Gasteiger partial charge in [0.25, 0.3) is 0 Å². The first-order valence-corrected chi connectivity index (χ1v) is 12.4. The van der Waals surface area contributed by atoms with Crippen molar-refractivity contribution in [1.29, 1.82) is 0 Å². The van der Waals surface area contributed by atoms with E-state index in [9.17, 15) is 17.6 Å². The molecule has 1 unspecified atom stereocenters. The van der Waals surface area contributed by atoms with E-state index >= 15 is 0 Å². The van der Waals surface area contributed by atoms with Crippen LogP contribution in [0.15, 0.2) is 47.4 Å². The molecule has 0 bridgehead atoms. The molecule has 0 radical (unpaired) electrons. The van der Waals surface area contributed by atoms with Crippen LogP contribution in [0.1, 0.15) is 12.8 Å². The van der Waals surface area contributed by atoms with E-state index in [1.165, 1.54) is 34.6 Å². The average molecular weight is 482 g/mol. The molecule has 4 rings (SSSR count). The summed E-state index contributed by atoms with van der Waals surface area (Å²) >= 11 is 5.86. The average Bonchev–Trinajstić information content (AvgIpc) is 2.80. The van der Waals surface area contributed by atoms with Gasteiger partial charge in [-0.1, -0.05) is 11.6 Å². The zero-order valence-electron chi connectivity index (χ0n) is 17.5. The molecule has 0 saturated carbocycles. The largest absolute Gasteiger partial charge is 0.378 e. The molecule has 1 atom stereocenters. The van der Waals surface area contributed by atoms with Crippen molar-refractivity contribution >= 4 is 38.9 Å². The number of ether oxygens (including phenoxy) is 1. The second kappa shape index (κ2) is 9.74. The van der Waals surface area contributed by atoms with Gasteiger partial charge in [0.2, 0.25) is 15.9 Å². The van der Waals surface area contributed by atoms with E-state index in [4.69, 9.17) is 16.3 Å². The summed E-state index contributed by atoms with van der Waals surface area (Å²) in [6.45, 7) is 2.75. The zero-order chi connectivity index (χ0) is 22.7. The second-order valence-electron chi connectivity index (χ2n) is 7.91. The van der Waals surface area contributed by atoms with Gasteiger partial charge < -0.3 is 15.0 Å². The number of hydrogen-bond acceptors (Lipinski definition) is 5. The molecule has 1 amide bonds. The summed E-state index contributed by atoms with van der Waals surface area (Å²) in [6, 6.07) is 10.6. The number of carbonyl (C=O) groups is 1. The van der Waals surface area contributed by atoms with Crippen LogP contribution < -0.4 is 10.2 Å². The molecule has 7 nitrogen and oxygen atoms in total. The number of nitrogens with one attached hydrogen (secondary N) is 1. The van der Waals surface area contributed by atoms with E-state index < -0.39 is 21.8 Å². The standard InChI is InChI=1S/C22H25ClFN3O4S/c23-17-3-6-19(7-4-17)32(29,30)27-9-1-2-16(15-27)22(28)25-18-5-8-21(20(24)14-18)26-10-12-31-13-11-26/h3-8,14,16H,1-2,9-13,15H2,(H,25,28). The highest BCUT2D eigenvalue weighted by atomic mass is 35.5. The molecule has 1 N–H and O–H groups in total. The highest BCUT2D eigenvalue weighted by Crippen LogP contribution is 2.27. The number of amides is 1. The Hall–Kier alpha value is -2.20. The van der Waals surface area contributed by atoms with Gasteiger partial charge in [-0.3, -0.25) is 4.79 Å². The molecule has 2 heterocycles. The number of sulfonamides is 1. The normalized spacial score (nSPS) is 20.2. The SMILES string of the molecule is O=C(Nc1ccc(N2CCOCC2)c(F)c1)C1CCCN(S(=O)(=O)c2ccc(Cl)cc2)C1. The van der Waals surface area contributed by atoms with Gasteiger partial charge in [0.05, 0.1) is 29.7 Å². The minimum atomic E-state index is -3.72. The molecular formula is C22H25ClFN3O4S. The number of morpholine rings is 1. The van der Waals surface area contributed by atoms with E-state index in [1.54, 1.807) is 12.1 Å². The van der Waals surface area contributed by atoms with E-state index in [0.717, 1.165) is 0 Å². The Bertz CT molecular complexity index is 1080. The number of rotatable bonds is 5. The van der Waals surface area contributed by atoms with Crippen LogP contribution in [-0.4, -0.2) is 58.0 Å². The highest BCUT2D eigenvalue weighted by molar-refractivity contribution is 7.89. The first-order chi connectivity index (χ1) is 15.3. The summed E-state index contributed by atoms with van der Waals surface area (Å²) in [5.41, 5.74) is 0.825. The zero-order valence-corrected chi connectivity index (χ0v) is 19.0. The van der Waals surface area contributed by atoms with Crippen molar-refractivity contribution in [1.82, 2.24) is 4.31 Å². The molecule has 0 aromatic heterocycles. The van der Waals surface area contributed by atoms with Crippen LogP contribution in [0.3, 0.4) is 0 Å². The van der Waals surface area contributed by atoms with Crippen molar-refractivity contribution in [3.05, 3.63) is 53.3 Å². The van der Waals surface area contributed by atoms with Crippen LogP contribution in [0.5, 0.6) is 0 Å². The number of carbonyl (C=O) groups excluding carboxylic acids is 1. The topological polar surface area (TPSA) is 79.0 Å². The number of anilines is 2. The highest BCUT2D eigenvalue weighted by Gasteiger charge is 2.33. The number of piperidine rings is 1. The minimum absolute atomic E-state index is 0.0745. The van der Waals surface area contributed by atoms with Crippen molar-refractivity contribution < 1.29 is 22.3 Å². The number of halogens is 2. The molecule has 2 fully saturated rings. The Morgan fingerprint density at radius 3 is 2.50 bits per heavy atom. The maximum absolute atomic E-state index is 14.6. The monoisotopic (exact) mass is 481 g/mol. The Kier molecular flexibility index (Phi) is 6.99. The molecule has 172 valence electrons. The lowest BCUT2D eigenvalue weighted by atomic mass is 9.98. The van der Waals surface area contributed by atoms with Crippen molar-refractivity contribution in [3.63, 3.8) is 0 Å². The van der Waals surface area contributed by atoms with Crippen LogP contribution in [0.4, 0.5) is 15.8 Å². The Labute approximate surface area is 192 Å². The van der Waals surface area contributed by atoms with Gasteiger partial charge in [-0.2, -0.15) is 4.31 Å². The first kappa shape index (κ1) is 23.0. The molecule has 2 saturated heterocycles. The van der Waals surface area contributed by atoms with Gasteiger partial charge in [-0.05, 0) is 55.3 Å². The minimum Gasteiger partial charge on any atom is -0.378 e. The number of hydrogen-bond donors (Lipinski definition) is 1. The van der Waals surface area contributed by atoms with Crippen molar-refractivity contribution in [2.24, 2.45) is 5.92 Å². The summed E-state index contributed by atoms with van der Waals surface area (Å²) in [4.78, 5) is 14.9. The smallest absolute Gasteiger partial charge is 0.243 e. The summed E-state index contributed by atoms with van der Waals surface area (Å²) in [6.07, 6.45) is 1.13. The third-order valence-corrected chi connectivity index (χ3v) is 7.90. The van der Waals surface area contributed by atoms with Gasteiger partial charge in [0, 0.05) is 36.9 Å². The van der Waals surface area contributed by atoms with Crippen LogP contribution in [0, 0.1) is 11.7 Å². The van der Waals surface area contributed by atoms with Gasteiger partial charge in [0.15, 0.2) is 0 Å². The van der Waals surface area contributed by atoms with Crippen molar-refractivity contribution in [2.75, 3.05) is 49.6 Å². The van der Waals surface area contributed by atoms with Crippen LogP contribution in [-0.2, 0) is 19.6 Å². The fraction of sp³-hybridized carbons (Fsp3) is 0.409. The Balaban J connectivity index is 1.42. The molecule has 2 aliphatic heterocycles. The van der Waals surface area contributed by atoms with E-state index in [-0.39, 0.29) is 17.3 Å². The van der Waals surface area contributed by atoms with Gasteiger partial charge in [-0.25, -0.2) is 12.8 Å². The molecule has 10 heteroatoms. The van der Waals surface area contributed by atoms with Crippen LogP contribution >= 0.6 is 11.6 Å². The lowest BCUT2D eigenvalue weighted by Crippen LogP contribution is -2.43. The lowest BCUT2D eigenvalue weighted by molar-refractivity contribution is -0.120. The van der Waals surface area contributed by atoms with Crippen molar-refractivity contribution in [2.45, 2.75) is 17.7 Å². The predicted molar refractivity (Wildman–Crippen MR) is 121 cm³/mol. The molecule has 32 heavy (non-hydrogen) atoms. The molecule has 2 aromatic carbocycles. The van der Waals surface area contributed by atoms with Crippen LogP contribution in [0.2, 0.25) is 5.02 Å². The van der Waals surface area contributed by atoms with Crippen LogP contribution in [0.25, 0.3) is 0 Å². The number of benzene rings is 2. The number of nitrogens with zero attached hydrogens (tertiary/aromatic N) is 2. The summed E-state index contributed by atoms with van der Waals surface area (Å²) < 4.78 is 47.1. The van der Waals surface area contributed by atoms with E-state index in [0.29, 0.717) is 62.1 Å². The molecular weight excluding hydrogens is 457 g/mol. The molecule has 0 aliphatic carbocycles. The predicted octanol–water partition coefficient (Wildman–Crippen LogP) is 3.36. The summed E-state index contributed by atoms with van der Waals surface area (Å²) in [5.74, 6) is -1.26. The fourth-order valence-electron chi connectivity index (χ4n) is 4.02. The third-order valence-electron chi connectivity index (χ3n) is 5.77. The molecule has 0 spiro atoms. The third kappa shape index (κ3) is 5.06. The van der Waals surface area contributed by atoms with E-state index in [2.05, 4.69) is 5.32 Å². The van der Waals surface area contributed by atoms with E-state index in [1.807, 2.05) is 4.90 Å². The summed E-state index contributed by atoms with van der Waals surface area (Å²) in [7, 11) is -3.72. The lowest BCUT2D eigenvalue weighted by Gasteiger charge is -2.31. The maximum Gasteiger partial charge on any atom is 0.243 e. The second-order valence-corrected chi connectivity index (χ2v) is 10.3. The molecule has 2 aliphatic rings. The fourth-order valence-corrected chi connectivity index (χ4v) is 5.67. The Morgan fingerprint density at radius 1 is 1.09 bits per heavy atom. The first-order valence-electron chi connectivity index (χ1n) is 10.5. The quantitative estimate of drug-likeness (QED) is 0.708. The summed E-state index contributed by atoms with van der Waals surface area (Å²) in [5, 5.41) is 3.19. The van der Waals surface area contributed by atoms with Gasteiger partial charge >= 0.3 is 0 Å². The molecule has 2 aromatic rings. The van der Waals surface area contributed by atoms with Gasteiger partial charge in [-0.15, -0.1) is 0 Å².